The minimum atomic E-state index is -0.517. The number of nitrogens with one attached hydrogen (secondary N) is 3. The molecule has 1 atom stereocenters. The predicted molar refractivity (Wildman–Crippen MR) is 153 cm³/mol. The van der Waals surface area contributed by atoms with Gasteiger partial charge in [-0.3, -0.25) is 14.4 Å². The Hall–Kier alpha value is -4.01. The number of benzene rings is 2. The minimum absolute atomic E-state index is 0.0397. The first-order chi connectivity index (χ1) is 18.9. The monoisotopic (exact) mass is 547 g/mol. The highest BCUT2D eigenvalue weighted by atomic mass is 32.2. The van der Waals surface area contributed by atoms with Crippen LogP contribution in [-0.2, 0) is 9.59 Å². The maximum Gasteiger partial charge on any atom is 0.274 e. The van der Waals surface area contributed by atoms with E-state index in [0.717, 1.165) is 25.3 Å². The van der Waals surface area contributed by atoms with Crippen molar-refractivity contribution in [3.63, 3.8) is 0 Å². The molecule has 2 aliphatic heterocycles. The van der Waals surface area contributed by atoms with Crippen LogP contribution >= 0.6 is 11.8 Å². The van der Waals surface area contributed by atoms with Gasteiger partial charge in [-0.25, -0.2) is 0 Å². The molecule has 5 N–H and O–H groups in total. The molecule has 39 heavy (non-hydrogen) atoms. The van der Waals surface area contributed by atoms with Crippen LogP contribution in [0.25, 0.3) is 0 Å². The molecule has 0 radical (unpaired) electrons. The number of rotatable bonds is 10. The Labute approximate surface area is 232 Å². The van der Waals surface area contributed by atoms with Crippen LogP contribution in [0.15, 0.2) is 59.3 Å². The van der Waals surface area contributed by atoms with Gasteiger partial charge in [0.25, 0.3) is 11.8 Å². The quantitative estimate of drug-likeness (QED) is 0.332. The summed E-state index contributed by atoms with van der Waals surface area (Å²) in [6.45, 7) is 6.23. The Balaban J connectivity index is 1.31. The van der Waals surface area contributed by atoms with E-state index in [-0.39, 0.29) is 17.5 Å². The normalized spacial score (nSPS) is 18.5. The van der Waals surface area contributed by atoms with Crippen molar-refractivity contribution in [2.24, 2.45) is 5.73 Å². The third-order valence-electron chi connectivity index (χ3n) is 6.65. The van der Waals surface area contributed by atoms with Gasteiger partial charge in [0, 0.05) is 43.1 Å². The molecule has 0 aromatic heterocycles. The summed E-state index contributed by atoms with van der Waals surface area (Å²) >= 11 is 1.25. The Morgan fingerprint density at radius 3 is 2.38 bits per heavy atom. The van der Waals surface area contributed by atoms with Crippen molar-refractivity contribution >= 4 is 40.9 Å². The maximum atomic E-state index is 13.0. The van der Waals surface area contributed by atoms with Gasteiger partial charge in [0.05, 0.1) is 11.6 Å². The van der Waals surface area contributed by atoms with Crippen molar-refractivity contribution in [3.8, 4) is 6.07 Å². The van der Waals surface area contributed by atoms with Crippen LogP contribution in [-0.4, -0.2) is 72.0 Å². The van der Waals surface area contributed by atoms with Gasteiger partial charge in [-0.1, -0.05) is 11.8 Å². The fraction of sp³-hybridized carbons (Fsp3) is 0.357. The Kier molecular flexibility index (Phi) is 9.46. The van der Waals surface area contributed by atoms with Crippen LogP contribution in [0.2, 0.25) is 0 Å². The Bertz CT molecular complexity index is 1270. The van der Waals surface area contributed by atoms with Crippen molar-refractivity contribution in [1.82, 2.24) is 15.1 Å². The summed E-state index contributed by atoms with van der Waals surface area (Å²) in [5.74, 6) is -0.755. The summed E-state index contributed by atoms with van der Waals surface area (Å²) in [7, 11) is 0. The van der Waals surface area contributed by atoms with Gasteiger partial charge < -0.3 is 31.5 Å². The lowest BCUT2D eigenvalue weighted by molar-refractivity contribution is -0.127. The van der Waals surface area contributed by atoms with Crippen molar-refractivity contribution in [1.29, 1.82) is 5.26 Å². The summed E-state index contributed by atoms with van der Waals surface area (Å²) in [4.78, 5) is 42.1. The van der Waals surface area contributed by atoms with Gasteiger partial charge in [0.2, 0.25) is 5.91 Å². The second kappa shape index (κ2) is 13.2. The van der Waals surface area contributed by atoms with Gasteiger partial charge >= 0.3 is 0 Å². The smallest absolute Gasteiger partial charge is 0.274 e. The lowest BCUT2D eigenvalue weighted by Gasteiger charge is -2.16. The number of hydrogen-bond donors (Lipinski definition) is 4. The van der Waals surface area contributed by atoms with Crippen molar-refractivity contribution in [2.75, 3.05) is 49.9 Å². The summed E-state index contributed by atoms with van der Waals surface area (Å²) < 4.78 is 0. The van der Waals surface area contributed by atoms with Crippen LogP contribution in [0.3, 0.4) is 0 Å². The third-order valence-corrected chi connectivity index (χ3v) is 7.97. The number of carbonyl (C=O) groups is 3. The average Bonchev–Trinajstić information content (AvgIpc) is 3.59. The van der Waals surface area contributed by atoms with Gasteiger partial charge in [0.1, 0.15) is 16.0 Å². The van der Waals surface area contributed by atoms with Crippen LogP contribution in [0.4, 0.5) is 11.4 Å². The molecule has 2 fully saturated rings. The van der Waals surface area contributed by atoms with E-state index < -0.39 is 11.2 Å². The molecule has 10 nitrogen and oxygen atoms in total. The van der Waals surface area contributed by atoms with E-state index in [1.165, 1.54) is 29.5 Å². The van der Waals surface area contributed by atoms with Gasteiger partial charge in [0.15, 0.2) is 0 Å². The highest BCUT2D eigenvalue weighted by Gasteiger charge is 2.38. The molecule has 0 spiro atoms. The first kappa shape index (κ1) is 28.0. The predicted octanol–water partition coefficient (Wildman–Crippen LogP) is 2.53. The number of nitriles is 1. The van der Waals surface area contributed by atoms with E-state index in [4.69, 9.17) is 11.0 Å². The van der Waals surface area contributed by atoms with Gasteiger partial charge in [-0.15, -0.1) is 0 Å². The number of nitrogens with two attached hydrogens (primary N) is 1. The average molecular weight is 548 g/mol. The third kappa shape index (κ3) is 7.10. The molecular weight excluding hydrogens is 514 g/mol. The molecule has 2 aromatic rings. The standard InChI is InChI=1S/C28H33N7O3S/c1-2-35-27(38)23(39-28(35)24(30)26(37)33-22-9-5-19(17-29)6-10-22)18-32-21-11-7-20(8-12-21)25(36)31-13-16-34-14-3-4-15-34/h5-12,23,32H,2-4,13-16,18,30H2,1H3,(H,31,36)(H,33,37)/b28-24+/t23-/m1/s1. The highest BCUT2D eigenvalue weighted by molar-refractivity contribution is 8.04. The van der Waals surface area contributed by atoms with Gasteiger partial charge in [-0.2, -0.15) is 5.26 Å². The molecule has 2 aliphatic rings. The number of thioether (sulfide) groups is 1. The molecule has 4 rings (SSSR count). The topological polar surface area (TPSA) is 144 Å². The van der Waals surface area contributed by atoms with Crippen LogP contribution < -0.4 is 21.7 Å². The molecule has 0 aliphatic carbocycles. The molecule has 0 unspecified atom stereocenters. The van der Waals surface area contributed by atoms with E-state index in [0.29, 0.717) is 41.5 Å². The zero-order valence-corrected chi connectivity index (χ0v) is 22.7. The number of likely N-dealkylation sites (tertiary alicyclic amines) is 1. The van der Waals surface area contributed by atoms with Crippen LogP contribution in [0.1, 0.15) is 35.7 Å². The van der Waals surface area contributed by atoms with E-state index in [9.17, 15) is 14.4 Å². The Morgan fingerprint density at radius 1 is 1.08 bits per heavy atom. The van der Waals surface area contributed by atoms with Crippen LogP contribution in [0, 0.1) is 11.3 Å². The zero-order chi connectivity index (χ0) is 27.8. The molecule has 2 heterocycles. The summed E-state index contributed by atoms with van der Waals surface area (Å²) in [6.07, 6.45) is 2.45. The lowest BCUT2D eigenvalue weighted by Crippen LogP contribution is -2.33. The number of carbonyl (C=O) groups excluding carboxylic acids is 3. The van der Waals surface area contributed by atoms with Crippen molar-refractivity contribution in [2.45, 2.75) is 25.0 Å². The second-order valence-electron chi connectivity index (χ2n) is 9.31. The minimum Gasteiger partial charge on any atom is -0.392 e. The second-order valence-corrected chi connectivity index (χ2v) is 10.5. The van der Waals surface area contributed by atoms with E-state index >= 15 is 0 Å². The number of nitrogens with zero attached hydrogens (tertiary/aromatic N) is 3. The molecule has 2 aromatic carbocycles. The molecule has 0 saturated carbocycles. The summed E-state index contributed by atoms with van der Waals surface area (Å²) in [5, 5.41) is 17.8. The number of hydrogen-bond acceptors (Lipinski definition) is 8. The SMILES string of the molecule is CCN1C(=O)[C@@H](CNc2ccc(C(=O)NCCN3CCCC3)cc2)S/C1=C(/N)C(=O)Nc1ccc(C#N)cc1. The lowest BCUT2D eigenvalue weighted by atomic mass is 10.2. The largest absolute Gasteiger partial charge is 0.392 e. The first-order valence-electron chi connectivity index (χ1n) is 13.0. The zero-order valence-electron chi connectivity index (χ0n) is 21.9. The molecule has 11 heteroatoms. The fourth-order valence-corrected chi connectivity index (χ4v) is 5.70. The first-order valence-corrected chi connectivity index (χ1v) is 13.9. The number of anilines is 2. The summed E-state index contributed by atoms with van der Waals surface area (Å²) in [6, 6.07) is 15.6. The van der Waals surface area contributed by atoms with E-state index in [2.05, 4.69) is 20.9 Å². The van der Waals surface area contributed by atoms with Crippen molar-refractivity contribution in [3.05, 3.63) is 70.4 Å². The Morgan fingerprint density at radius 2 is 1.74 bits per heavy atom. The molecule has 3 amide bonds. The molecule has 2 saturated heterocycles. The maximum absolute atomic E-state index is 13.0. The fourth-order valence-electron chi connectivity index (χ4n) is 4.47. The molecular formula is C28H33N7O3S. The molecule has 0 bridgehead atoms. The number of amides is 3. The van der Waals surface area contributed by atoms with E-state index in [1.54, 1.807) is 36.4 Å². The van der Waals surface area contributed by atoms with Crippen LogP contribution in [0.5, 0.6) is 0 Å². The van der Waals surface area contributed by atoms with Crippen molar-refractivity contribution < 1.29 is 14.4 Å². The summed E-state index contributed by atoms with van der Waals surface area (Å²) in [5.41, 5.74) is 8.48. The van der Waals surface area contributed by atoms with E-state index in [1.807, 2.05) is 25.1 Å². The molecule has 204 valence electrons. The highest BCUT2D eigenvalue weighted by Crippen LogP contribution is 2.36. The van der Waals surface area contributed by atoms with Gasteiger partial charge in [-0.05, 0) is 81.4 Å².